The van der Waals surface area contributed by atoms with Gasteiger partial charge in [-0.1, -0.05) is 34.1 Å². The fourth-order valence-corrected chi connectivity index (χ4v) is 2.16. The lowest BCUT2D eigenvalue weighted by Crippen LogP contribution is -2.34. The third-order valence-electron chi connectivity index (χ3n) is 3.04. The average Bonchev–Trinajstić information content (AvgIpc) is 2.55. The van der Waals surface area contributed by atoms with E-state index >= 15 is 0 Å². The van der Waals surface area contributed by atoms with Crippen molar-refractivity contribution in [1.82, 2.24) is 5.32 Å². The molecule has 0 aromatic heterocycles. The summed E-state index contributed by atoms with van der Waals surface area (Å²) in [6.45, 7) is 2.37. The summed E-state index contributed by atoms with van der Waals surface area (Å²) in [6, 6.07) is 17.6. The van der Waals surface area contributed by atoms with Gasteiger partial charge in [-0.25, -0.2) is 0 Å². The van der Waals surface area contributed by atoms with Gasteiger partial charge in [0.1, 0.15) is 18.5 Å². The Labute approximate surface area is 139 Å². The smallest absolute Gasteiger partial charge is 0.119 e. The maximum atomic E-state index is 9.84. The first-order valence-corrected chi connectivity index (χ1v) is 8.09. The fraction of sp³-hybridized carbons (Fsp3) is 0.294. The van der Waals surface area contributed by atoms with Crippen LogP contribution in [0, 0.1) is 0 Å². The van der Waals surface area contributed by atoms with Gasteiger partial charge in [-0.3, -0.25) is 0 Å². The van der Waals surface area contributed by atoms with Crippen LogP contribution in [0.3, 0.4) is 0 Å². The number of hydrogen-bond acceptors (Lipinski definition) is 4. The highest BCUT2D eigenvalue weighted by molar-refractivity contribution is 9.10. The van der Waals surface area contributed by atoms with Crippen LogP contribution in [0.1, 0.15) is 0 Å². The van der Waals surface area contributed by atoms with Gasteiger partial charge in [-0.15, -0.1) is 0 Å². The van der Waals surface area contributed by atoms with Crippen molar-refractivity contribution in [3.05, 3.63) is 59.1 Å². The van der Waals surface area contributed by atoms with Gasteiger partial charge in [0.05, 0.1) is 0 Å². The highest BCUT2D eigenvalue weighted by atomic mass is 79.9. The molecule has 5 heteroatoms. The monoisotopic (exact) mass is 364 g/mol. The van der Waals surface area contributed by atoms with E-state index in [4.69, 9.17) is 4.74 Å². The predicted molar refractivity (Wildman–Crippen MR) is 93.4 cm³/mol. The van der Waals surface area contributed by atoms with Crippen LogP contribution in [0.2, 0.25) is 0 Å². The Kier molecular flexibility index (Phi) is 7.22. The number of hydrogen-bond donors (Lipinski definition) is 3. The standard InChI is InChI=1S/C17H21BrN2O2/c18-14-6-8-15(9-7-14)20-11-10-19-12-16(21)13-22-17-4-2-1-3-5-17/h1-9,16,19-21H,10-13H2. The number of ether oxygens (including phenoxy) is 1. The van der Waals surface area contributed by atoms with Crippen molar-refractivity contribution in [1.29, 1.82) is 0 Å². The highest BCUT2D eigenvalue weighted by Crippen LogP contribution is 2.13. The molecule has 0 amide bonds. The van der Waals surface area contributed by atoms with E-state index in [9.17, 15) is 5.11 Å². The van der Waals surface area contributed by atoms with Crippen molar-refractivity contribution in [3.63, 3.8) is 0 Å². The van der Waals surface area contributed by atoms with E-state index in [1.54, 1.807) is 0 Å². The molecule has 0 fully saturated rings. The lowest BCUT2D eigenvalue weighted by molar-refractivity contribution is 0.107. The average molecular weight is 365 g/mol. The fourth-order valence-electron chi connectivity index (χ4n) is 1.90. The molecule has 0 radical (unpaired) electrons. The van der Waals surface area contributed by atoms with E-state index in [2.05, 4.69) is 26.6 Å². The number of para-hydroxylation sites is 1. The zero-order valence-corrected chi connectivity index (χ0v) is 13.9. The van der Waals surface area contributed by atoms with Gasteiger partial charge in [-0.05, 0) is 36.4 Å². The molecule has 0 aliphatic carbocycles. The van der Waals surface area contributed by atoms with E-state index in [1.165, 1.54) is 0 Å². The van der Waals surface area contributed by atoms with Crippen LogP contribution in [0.25, 0.3) is 0 Å². The summed E-state index contributed by atoms with van der Waals surface area (Å²) in [5.41, 5.74) is 1.08. The molecule has 2 aromatic carbocycles. The third-order valence-corrected chi connectivity index (χ3v) is 3.57. The Morgan fingerprint density at radius 1 is 1.00 bits per heavy atom. The molecular weight excluding hydrogens is 344 g/mol. The second-order valence-corrected chi connectivity index (χ2v) is 5.83. The lowest BCUT2D eigenvalue weighted by Gasteiger charge is -2.13. The minimum atomic E-state index is -0.520. The van der Waals surface area contributed by atoms with E-state index in [0.29, 0.717) is 6.54 Å². The Morgan fingerprint density at radius 2 is 1.73 bits per heavy atom. The summed E-state index contributed by atoms with van der Waals surface area (Å²) in [5.74, 6) is 0.776. The summed E-state index contributed by atoms with van der Waals surface area (Å²) in [5, 5.41) is 16.4. The molecule has 1 unspecified atom stereocenters. The quantitative estimate of drug-likeness (QED) is 0.598. The number of halogens is 1. The minimum Gasteiger partial charge on any atom is -0.491 e. The molecule has 0 bridgehead atoms. The van der Waals surface area contributed by atoms with Gasteiger partial charge in [0.15, 0.2) is 0 Å². The number of benzene rings is 2. The molecule has 0 aliphatic rings. The Bertz CT molecular complexity index is 534. The molecule has 2 rings (SSSR count). The van der Waals surface area contributed by atoms with Crippen molar-refractivity contribution in [3.8, 4) is 5.75 Å². The van der Waals surface area contributed by atoms with Crippen molar-refractivity contribution in [2.45, 2.75) is 6.10 Å². The molecule has 0 aliphatic heterocycles. The maximum absolute atomic E-state index is 9.84. The summed E-state index contributed by atoms with van der Waals surface area (Å²) in [7, 11) is 0. The molecule has 22 heavy (non-hydrogen) atoms. The molecular formula is C17H21BrN2O2. The first-order valence-electron chi connectivity index (χ1n) is 7.30. The van der Waals surface area contributed by atoms with E-state index in [0.717, 1.165) is 29.0 Å². The molecule has 3 N–H and O–H groups in total. The largest absolute Gasteiger partial charge is 0.491 e. The second-order valence-electron chi connectivity index (χ2n) is 4.92. The van der Waals surface area contributed by atoms with Crippen LogP contribution in [0.4, 0.5) is 5.69 Å². The van der Waals surface area contributed by atoms with Crippen molar-refractivity contribution in [2.24, 2.45) is 0 Å². The van der Waals surface area contributed by atoms with E-state index in [1.807, 2.05) is 54.6 Å². The van der Waals surface area contributed by atoms with Gasteiger partial charge >= 0.3 is 0 Å². The van der Waals surface area contributed by atoms with Crippen LogP contribution in [0.15, 0.2) is 59.1 Å². The molecule has 1 atom stereocenters. The Morgan fingerprint density at radius 3 is 2.45 bits per heavy atom. The molecule has 2 aromatic rings. The van der Waals surface area contributed by atoms with Crippen LogP contribution in [-0.2, 0) is 0 Å². The first kappa shape index (κ1) is 16.8. The molecule has 0 spiro atoms. The van der Waals surface area contributed by atoms with Crippen molar-refractivity contribution < 1.29 is 9.84 Å². The third kappa shape index (κ3) is 6.47. The van der Waals surface area contributed by atoms with Crippen LogP contribution in [-0.4, -0.2) is 37.5 Å². The number of aliphatic hydroxyl groups is 1. The Balaban J connectivity index is 1.53. The summed E-state index contributed by atoms with van der Waals surface area (Å²) < 4.78 is 6.56. The molecule has 0 saturated carbocycles. The number of aliphatic hydroxyl groups excluding tert-OH is 1. The Hall–Kier alpha value is -1.56. The zero-order chi connectivity index (χ0) is 15.6. The van der Waals surface area contributed by atoms with Gasteiger partial charge in [-0.2, -0.15) is 0 Å². The lowest BCUT2D eigenvalue weighted by atomic mass is 10.3. The number of rotatable bonds is 9. The maximum Gasteiger partial charge on any atom is 0.119 e. The zero-order valence-electron chi connectivity index (χ0n) is 12.3. The normalized spacial score (nSPS) is 11.9. The van der Waals surface area contributed by atoms with E-state index < -0.39 is 6.10 Å². The van der Waals surface area contributed by atoms with Crippen molar-refractivity contribution in [2.75, 3.05) is 31.6 Å². The van der Waals surface area contributed by atoms with Crippen molar-refractivity contribution >= 4 is 21.6 Å². The molecule has 0 saturated heterocycles. The van der Waals surface area contributed by atoms with Gasteiger partial charge in [0.2, 0.25) is 0 Å². The molecule has 4 nitrogen and oxygen atoms in total. The summed E-state index contributed by atoms with van der Waals surface area (Å²) >= 11 is 3.41. The van der Waals surface area contributed by atoms with Gasteiger partial charge in [0, 0.05) is 29.8 Å². The predicted octanol–water partition coefficient (Wildman–Crippen LogP) is 2.89. The number of anilines is 1. The molecule has 118 valence electrons. The highest BCUT2D eigenvalue weighted by Gasteiger charge is 2.04. The van der Waals surface area contributed by atoms with Gasteiger partial charge in [0.25, 0.3) is 0 Å². The van der Waals surface area contributed by atoms with E-state index in [-0.39, 0.29) is 6.61 Å². The molecule has 0 heterocycles. The second kappa shape index (κ2) is 9.46. The van der Waals surface area contributed by atoms with Gasteiger partial charge < -0.3 is 20.5 Å². The van der Waals surface area contributed by atoms with Crippen LogP contribution in [0.5, 0.6) is 5.75 Å². The SMILES string of the molecule is OC(CNCCNc1ccc(Br)cc1)COc1ccccc1. The van der Waals surface area contributed by atoms with Crippen LogP contribution < -0.4 is 15.4 Å². The summed E-state index contributed by atoms with van der Waals surface area (Å²) in [6.07, 6.45) is -0.520. The van der Waals surface area contributed by atoms with Crippen LogP contribution >= 0.6 is 15.9 Å². The number of nitrogens with one attached hydrogen (secondary N) is 2. The first-order chi connectivity index (χ1) is 10.7. The summed E-state index contributed by atoms with van der Waals surface area (Å²) in [4.78, 5) is 0. The topological polar surface area (TPSA) is 53.5 Å². The minimum absolute atomic E-state index is 0.289.